The number of fused-ring (bicyclic) bond motifs is 3. The molecule has 10 nitrogen and oxygen atoms in total. The number of aromatic nitrogens is 5. The van der Waals surface area contributed by atoms with Crippen LogP contribution < -0.4 is 9.62 Å². The van der Waals surface area contributed by atoms with Crippen LogP contribution in [0.5, 0.6) is 0 Å². The third-order valence-corrected chi connectivity index (χ3v) is 9.15. The van der Waals surface area contributed by atoms with Crippen LogP contribution >= 0.6 is 11.6 Å². The summed E-state index contributed by atoms with van der Waals surface area (Å²) in [5.74, 6) is 0.910. The Hall–Kier alpha value is -3.80. The van der Waals surface area contributed by atoms with Crippen molar-refractivity contribution in [2.45, 2.75) is 30.7 Å². The van der Waals surface area contributed by atoms with Crippen LogP contribution in [0.3, 0.4) is 0 Å². The van der Waals surface area contributed by atoms with Gasteiger partial charge in [0.15, 0.2) is 5.65 Å². The number of aryl methyl sites for hydroxylation is 1. The normalized spacial score (nSPS) is 14.9. The van der Waals surface area contributed by atoms with Crippen molar-refractivity contribution in [3.63, 3.8) is 0 Å². The summed E-state index contributed by atoms with van der Waals surface area (Å²) >= 11 is 6.09. The number of anilines is 2. The molecule has 1 fully saturated rings. The molecule has 5 aromatic rings. The highest BCUT2D eigenvalue weighted by molar-refractivity contribution is 7.92. The lowest BCUT2D eigenvalue weighted by Gasteiger charge is -2.35. The molecule has 1 aromatic carbocycles. The number of imidazole rings is 1. The van der Waals surface area contributed by atoms with E-state index in [1.54, 1.807) is 24.4 Å². The van der Waals surface area contributed by atoms with E-state index in [2.05, 4.69) is 33.6 Å². The molecule has 0 spiro atoms. The first-order chi connectivity index (χ1) is 19.2. The Balaban J connectivity index is 1.32. The highest BCUT2D eigenvalue weighted by atomic mass is 35.5. The molecule has 4 aromatic heterocycles. The third-order valence-electron chi connectivity index (χ3n) is 7.30. The minimum absolute atomic E-state index is 0.00641. The highest BCUT2D eigenvalue weighted by Gasteiger charge is 2.23. The van der Waals surface area contributed by atoms with E-state index in [9.17, 15) is 8.42 Å². The average Bonchev–Trinajstić information content (AvgIpc) is 3.34. The molecule has 206 valence electrons. The molecule has 0 atom stereocenters. The molecule has 0 saturated carbocycles. The van der Waals surface area contributed by atoms with Crippen LogP contribution in [-0.2, 0) is 10.0 Å². The van der Waals surface area contributed by atoms with E-state index in [0.717, 1.165) is 65.4 Å². The number of hydrogen-bond donors (Lipinski definition) is 1. The minimum Gasteiger partial charge on any atom is -0.341 e. The minimum atomic E-state index is -3.89. The van der Waals surface area contributed by atoms with Crippen molar-refractivity contribution in [3.05, 3.63) is 71.8 Å². The standard InChI is InChI=1S/C28H29ClN8O2S/c1-18-17-37-26-20(16-31-28(33-26)36-12-10-21(11-13-36)35(2)3)14-22(27(37)32-18)19-8-9-25(30-15-19)34-40(38,39)24-7-5-4-6-23(24)29/h4-9,14-17,21H,10-13H2,1-3H3,(H,30,34). The Morgan fingerprint density at radius 1 is 1.00 bits per heavy atom. The number of rotatable bonds is 6. The summed E-state index contributed by atoms with van der Waals surface area (Å²) in [6.07, 6.45) is 7.60. The van der Waals surface area contributed by atoms with Crippen LogP contribution in [0, 0.1) is 6.92 Å². The summed E-state index contributed by atoms with van der Waals surface area (Å²) in [5, 5.41) is 1.01. The molecule has 1 saturated heterocycles. The first-order valence-corrected chi connectivity index (χ1v) is 14.9. The summed E-state index contributed by atoms with van der Waals surface area (Å²) in [6, 6.07) is 12.3. The lowest BCUT2D eigenvalue weighted by atomic mass is 10.0. The number of benzene rings is 1. The molecule has 5 heterocycles. The van der Waals surface area contributed by atoms with Crippen LogP contribution in [0.4, 0.5) is 11.8 Å². The molecule has 12 heteroatoms. The zero-order valence-electron chi connectivity index (χ0n) is 22.4. The second-order valence-electron chi connectivity index (χ2n) is 10.2. The van der Waals surface area contributed by atoms with Gasteiger partial charge in [0, 0.05) is 54.2 Å². The summed E-state index contributed by atoms with van der Waals surface area (Å²) < 4.78 is 30.1. The van der Waals surface area contributed by atoms with Gasteiger partial charge in [0.2, 0.25) is 5.95 Å². The van der Waals surface area contributed by atoms with Gasteiger partial charge < -0.3 is 9.80 Å². The van der Waals surface area contributed by atoms with E-state index < -0.39 is 10.0 Å². The quantitative estimate of drug-likeness (QED) is 0.312. The van der Waals surface area contributed by atoms with E-state index in [1.807, 2.05) is 35.9 Å². The van der Waals surface area contributed by atoms with E-state index >= 15 is 0 Å². The topological polar surface area (TPSA) is 109 Å². The molecule has 0 aliphatic carbocycles. The van der Waals surface area contributed by atoms with Gasteiger partial charge in [-0.05, 0) is 64.2 Å². The SMILES string of the molecule is Cc1cn2c(n1)c(-c1ccc(NS(=O)(=O)c3ccccc3Cl)nc1)cc1cnc(N3CCC(N(C)C)CC3)nc12. The fourth-order valence-electron chi connectivity index (χ4n) is 5.15. The Morgan fingerprint density at radius 3 is 2.48 bits per heavy atom. The maximum absolute atomic E-state index is 12.8. The van der Waals surface area contributed by atoms with Crippen LogP contribution in [0.25, 0.3) is 27.8 Å². The van der Waals surface area contributed by atoms with Gasteiger partial charge in [-0.25, -0.2) is 23.4 Å². The monoisotopic (exact) mass is 576 g/mol. The molecule has 0 unspecified atom stereocenters. The first kappa shape index (κ1) is 26.4. The van der Waals surface area contributed by atoms with Crippen molar-refractivity contribution >= 4 is 50.1 Å². The van der Waals surface area contributed by atoms with Crippen LogP contribution in [0.2, 0.25) is 5.02 Å². The number of pyridine rings is 2. The summed E-state index contributed by atoms with van der Waals surface area (Å²) in [4.78, 5) is 23.3. The summed E-state index contributed by atoms with van der Waals surface area (Å²) in [6.45, 7) is 3.77. The zero-order valence-corrected chi connectivity index (χ0v) is 24.0. The predicted octanol–water partition coefficient (Wildman–Crippen LogP) is 4.63. The van der Waals surface area contributed by atoms with Gasteiger partial charge in [-0.2, -0.15) is 4.98 Å². The largest absolute Gasteiger partial charge is 0.341 e. The first-order valence-electron chi connectivity index (χ1n) is 13.0. The van der Waals surface area contributed by atoms with Crippen LogP contribution in [-0.4, -0.2) is 70.9 Å². The van der Waals surface area contributed by atoms with Crippen molar-refractivity contribution < 1.29 is 8.42 Å². The van der Waals surface area contributed by atoms with Crippen LogP contribution in [0.15, 0.2) is 66.0 Å². The fourth-order valence-corrected chi connectivity index (χ4v) is 6.68. The summed E-state index contributed by atoms with van der Waals surface area (Å²) in [5.41, 5.74) is 4.02. The molecule has 1 aliphatic heterocycles. The molecule has 1 N–H and O–H groups in total. The molecular formula is C28H29ClN8O2S. The maximum Gasteiger partial charge on any atom is 0.264 e. The highest BCUT2D eigenvalue weighted by Crippen LogP contribution is 2.31. The zero-order chi connectivity index (χ0) is 28.0. The predicted molar refractivity (Wildman–Crippen MR) is 157 cm³/mol. The van der Waals surface area contributed by atoms with Gasteiger partial charge in [0.05, 0.1) is 10.7 Å². The van der Waals surface area contributed by atoms with Crippen LogP contribution in [0.1, 0.15) is 18.5 Å². The van der Waals surface area contributed by atoms with Gasteiger partial charge in [-0.1, -0.05) is 23.7 Å². The van der Waals surface area contributed by atoms with Gasteiger partial charge >= 0.3 is 0 Å². The molecule has 0 radical (unpaired) electrons. The number of halogens is 1. The smallest absolute Gasteiger partial charge is 0.264 e. The van der Waals surface area contributed by atoms with E-state index in [4.69, 9.17) is 26.6 Å². The number of sulfonamides is 1. The molecule has 0 amide bonds. The van der Waals surface area contributed by atoms with Crippen molar-refractivity contribution in [3.8, 4) is 11.1 Å². The molecule has 0 bridgehead atoms. The number of nitrogens with one attached hydrogen (secondary N) is 1. The summed E-state index contributed by atoms with van der Waals surface area (Å²) in [7, 11) is 0.373. The fraction of sp³-hybridized carbons (Fsp3) is 0.286. The number of nitrogens with zero attached hydrogens (tertiary/aromatic N) is 7. The maximum atomic E-state index is 12.8. The number of hydrogen-bond acceptors (Lipinski definition) is 8. The molecule has 6 rings (SSSR count). The van der Waals surface area contributed by atoms with Crippen molar-refractivity contribution in [2.75, 3.05) is 36.8 Å². The number of piperidine rings is 1. The van der Waals surface area contributed by atoms with Crippen molar-refractivity contribution in [1.29, 1.82) is 0 Å². The van der Waals surface area contributed by atoms with E-state index in [-0.39, 0.29) is 15.7 Å². The second kappa shape index (κ2) is 10.3. The van der Waals surface area contributed by atoms with Gasteiger partial charge in [0.1, 0.15) is 16.4 Å². The van der Waals surface area contributed by atoms with Crippen molar-refractivity contribution in [2.24, 2.45) is 0 Å². The third kappa shape index (κ3) is 4.96. The Labute approximate surface area is 237 Å². The Bertz CT molecular complexity index is 1810. The average molecular weight is 577 g/mol. The van der Waals surface area contributed by atoms with Gasteiger partial charge in [0.25, 0.3) is 10.0 Å². The lowest BCUT2D eigenvalue weighted by Crippen LogP contribution is -2.42. The van der Waals surface area contributed by atoms with E-state index in [1.165, 1.54) is 12.1 Å². The Kier molecular flexibility index (Phi) is 6.81. The molecular weight excluding hydrogens is 548 g/mol. The lowest BCUT2D eigenvalue weighted by molar-refractivity contribution is 0.249. The van der Waals surface area contributed by atoms with Gasteiger partial charge in [-0.15, -0.1) is 0 Å². The van der Waals surface area contributed by atoms with Gasteiger partial charge in [-0.3, -0.25) is 9.12 Å². The second-order valence-corrected chi connectivity index (χ2v) is 12.3. The molecule has 40 heavy (non-hydrogen) atoms. The van der Waals surface area contributed by atoms with E-state index in [0.29, 0.717) is 6.04 Å². The Morgan fingerprint density at radius 2 is 1.77 bits per heavy atom. The molecule has 1 aliphatic rings. The van der Waals surface area contributed by atoms with Crippen molar-refractivity contribution in [1.82, 2.24) is 29.2 Å².